The first-order valence-electron chi connectivity index (χ1n) is 7.00. The average Bonchev–Trinajstić information content (AvgIpc) is 2.50. The lowest BCUT2D eigenvalue weighted by Gasteiger charge is -2.10. The highest BCUT2D eigenvalue weighted by atomic mass is 32.1. The first kappa shape index (κ1) is 15.3. The van der Waals surface area contributed by atoms with Crippen LogP contribution >= 0.6 is 12.2 Å². The molecule has 2 N–H and O–H groups in total. The Morgan fingerprint density at radius 3 is 2.52 bits per heavy atom. The third-order valence-corrected chi connectivity index (χ3v) is 2.98. The number of para-hydroxylation sites is 1. The Balaban J connectivity index is 1.83. The minimum Gasteiger partial charge on any atom is -0.478 e. The van der Waals surface area contributed by atoms with Gasteiger partial charge >= 0.3 is 0 Å². The van der Waals surface area contributed by atoms with Crippen molar-refractivity contribution in [1.29, 1.82) is 0 Å². The molecule has 4 nitrogen and oxygen atoms in total. The standard InChI is InChI=1S/C16H19N3OS/c1-2-3-11-20-15-10-9-14(12-17-15)19-16(21)18-13-7-5-4-6-8-13/h4-10,12H,2-3,11H2,1H3,(H2,18,19,21). The molecule has 2 aromatic rings. The maximum absolute atomic E-state index is 5.51. The maximum Gasteiger partial charge on any atom is 0.213 e. The number of nitrogens with one attached hydrogen (secondary N) is 2. The van der Waals surface area contributed by atoms with E-state index in [1.165, 1.54) is 0 Å². The van der Waals surface area contributed by atoms with Crippen LogP contribution in [0.4, 0.5) is 11.4 Å². The van der Waals surface area contributed by atoms with Crippen LogP contribution in [0.3, 0.4) is 0 Å². The van der Waals surface area contributed by atoms with E-state index in [-0.39, 0.29) is 0 Å². The summed E-state index contributed by atoms with van der Waals surface area (Å²) in [5, 5.41) is 6.73. The summed E-state index contributed by atoms with van der Waals surface area (Å²) >= 11 is 5.26. The normalized spacial score (nSPS) is 9.95. The molecule has 0 aliphatic carbocycles. The predicted octanol–water partition coefficient (Wildman–Crippen LogP) is 4.07. The molecule has 0 bridgehead atoms. The third-order valence-electron chi connectivity index (χ3n) is 2.77. The van der Waals surface area contributed by atoms with Gasteiger partial charge in [0.05, 0.1) is 18.5 Å². The van der Waals surface area contributed by atoms with Crippen molar-refractivity contribution in [3.8, 4) is 5.88 Å². The van der Waals surface area contributed by atoms with E-state index in [1.807, 2.05) is 42.5 Å². The number of rotatable bonds is 6. The molecule has 0 radical (unpaired) electrons. The highest BCUT2D eigenvalue weighted by Gasteiger charge is 2.00. The van der Waals surface area contributed by atoms with Gasteiger partial charge in [-0.05, 0) is 36.8 Å². The van der Waals surface area contributed by atoms with Gasteiger partial charge < -0.3 is 15.4 Å². The van der Waals surface area contributed by atoms with Crippen molar-refractivity contribution in [2.75, 3.05) is 17.2 Å². The lowest BCUT2D eigenvalue weighted by atomic mass is 10.3. The number of ether oxygens (including phenoxy) is 1. The van der Waals surface area contributed by atoms with Gasteiger partial charge in [0.2, 0.25) is 5.88 Å². The average molecular weight is 301 g/mol. The van der Waals surface area contributed by atoms with Crippen LogP contribution in [-0.2, 0) is 0 Å². The number of anilines is 2. The van der Waals surface area contributed by atoms with E-state index in [0.29, 0.717) is 17.6 Å². The highest BCUT2D eigenvalue weighted by Crippen LogP contribution is 2.13. The molecule has 2 rings (SSSR count). The molecular weight excluding hydrogens is 282 g/mol. The molecule has 0 aliphatic rings. The van der Waals surface area contributed by atoms with Crippen molar-refractivity contribution in [2.24, 2.45) is 0 Å². The molecule has 0 unspecified atom stereocenters. The number of pyridine rings is 1. The monoisotopic (exact) mass is 301 g/mol. The van der Waals surface area contributed by atoms with Crippen LogP contribution in [0.2, 0.25) is 0 Å². The molecular formula is C16H19N3OS. The molecule has 0 saturated heterocycles. The van der Waals surface area contributed by atoms with Crippen LogP contribution in [0.5, 0.6) is 5.88 Å². The molecule has 110 valence electrons. The quantitative estimate of drug-likeness (QED) is 0.622. The Hall–Kier alpha value is -2.14. The SMILES string of the molecule is CCCCOc1ccc(NC(=S)Nc2ccccc2)cn1. The first-order valence-corrected chi connectivity index (χ1v) is 7.40. The summed E-state index contributed by atoms with van der Waals surface area (Å²) in [6.45, 7) is 2.83. The number of hydrogen-bond donors (Lipinski definition) is 2. The van der Waals surface area contributed by atoms with Crippen LogP contribution in [0.25, 0.3) is 0 Å². The van der Waals surface area contributed by atoms with Crippen molar-refractivity contribution in [3.05, 3.63) is 48.7 Å². The second kappa shape index (κ2) is 8.21. The van der Waals surface area contributed by atoms with Crippen LogP contribution in [-0.4, -0.2) is 16.7 Å². The fraction of sp³-hybridized carbons (Fsp3) is 0.250. The summed E-state index contributed by atoms with van der Waals surface area (Å²) in [5.74, 6) is 0.635. The highest BCUT2D eigenvalue weighted by molar-refractivity contribution is 7.80. The molecule has 0 spiro atoms. The van der Waals surface area contributed by atoms with E-state index in [2.05, 4.69) is 22.5 Å². The fourth-order valence-electron chi connectivity index (χ4n) is 1.68. The van der Waals surface area contributed by atoms with Gasteiger partial charge in [0.1, 0.15) is 0 Å². The van der Waals surface area contributed by atoms with E-state index < -0.39 is 0 Å². The molecule has 1 heterocycles. The van der Waals surface area contributed by atoms with Gasteiger partial charge in [-0.25, -0.2) is 4.98 Å². The summed E-state index contributed by atoms with van der Waals surface area (Å²) in [6, 6.07) is 13.5. The Kier molecular flexibility index (Phi) is 5.97. The zero-order chi connectivity index (χ0) is 14.9. The van der Waals surface area contributed by atoms with Gasteiger partial charge in [-0.1, -0.05) is 31.5 Å². The summed E-state index contributed by atoms with van der Waals surface area (Å²) < 4.78 is 5.51. The molecule has 0 aliphatic heterocycles. The molecule has 0 saturated carbocycles. The van der Waals surface area contributed by atoms with E-state index in [4.69, 9.17) is 17.0 Å². The minimum atomic E-state index is 0.530. The van der Waals surface area contributed by atoms with Gasteiger partial charge in [-0.2, -0.15) is 0 Å². The molecule has 0 fully saturated rings. The molecule has 21 heavy (non-hydrogen) atoms. The van der Waals surface area contributed by atoms with Crippen molar-refractivity contribution >= 4 is 28.7 Å². The Morgan fingerprint density at radius 1 is 1.10 bits per heavy atom. The zero-order valence-electron chi connectivity index (χ0n) is 12.0. The number of hydrogen-bond acceptors (Lipinski definition) is 3. The third kappa shape index (κ3) is 5.39. The Bertz CT molecular complexity index is 557. The smallest absolute Gasteiger partial charge is 0.213 e. The van der Waals surface area contributed by atoms with Gasteiger partial charge in [-0.3, -0.25) is 0 Å². The zero-order valence-corrected chi connectivity index (χ0v) is 12.8. The van der Waals surface area contributed by atoms with Gasteiger partial charge in [0, 0.05) is 11.8 Å². The number of benzene rings is 1. The molecule has 1 aromatic heterocycles. The molecule has 0 amide bonds. The Morgan fingerprint density at radius 2 is 1.86 bits per heavy atom. The van der Waals surface area contributed by atoms with Crippen LogP contribution in [0.1, 0.15) is 19.8 Å². The summed E-state index contributed by atoms with van der Waals surface area (Å²) in [7, 11) is 0. The number of nitrogens with zero attached hydrogens (tertiary/aromatic N) is 1. The van der Waals surface area contributed by atoms with E-state index >= 15 is 0 Å². The number of unbranched alkanes of at least 4 members (excludes halogenated alkanes) is 1. The van der Waals surface area contributed by atoms with Crippen molar-refractivity contribution in [3.63, 3.8) is 0 Å². The predicted molar refractivity (Wildman–Crippen MR) is 90.9 cm³/mol. The van der Waals surface area contributed by atoms with Gasteiger partial charge in [0.15, 0.2) is 5.11 Å². The van der Waals surface area contributed by atoms with Crippen LogP contribution < -0.4 is 15.4 Å². The number of thiocarbonyl (C=S) groups is 1. The van der Waals surface area contributed by atoms with Crippen LogP contribution in [0.15, 0.2) is 48.7 Å². The van der Waals surface area contributed by atoms with Gasteiger partial charge in [0.25, 0.3) is 0 Å². The first-order chi connectivity index (χ1) is 10.3. The molecule has 1 aromatic carbocycles. The lowest BCUT2D eigenvalue weighted by Crippen LogP contribution is -2.19. The molecule has 0 atom stereocenters. The second-order valence-corrected chi connectivity index (χ2v) is 4.94. The summed E-state index contributed by atoms with van der Waals surface area (Å²) in [6.07, 6.45) is 3.85. The second-order valence-electron chi connectivity index (χ2n) is 4.53. The van der Waals surface area contributed by atoms with E-state index in [0.717, 1.165) is 24.2 Å². The van der Waals surface area contributed by atoms with Gasteiger partial charge in [-0.15, -0.1) is 0 Å². The largest absolute Gasteiger partial charge is 0.478 e. The van der Waals surface area contributed by atoms with E-state index in [1.54, 1.807) is 6.20 Å². The van der Waals surface area contributed by atoms with Crippen molar-refractivity contribution < 1.29 is 4.74 Å². The summed E-state index contributed by atoms with van der Waals surface area (Å²) in [5.41, 5.74) is 1.77. The minimum absolute atomic E-state index is 0.530. The number of aromatic nitrogens is 1. The van der Waals surface area contributed by atoms with Crippen molar-refractivity contribution in [2.45, 2.75) is 19.8 Å². The molecule has 5 heteroatoms. The fourth-order valence-corrected chi connectivity index (χ4v) is 1.91. The summed E-state index contributed by atoms with van der Waals surface area (Å²) in [4.78, 5) is 4.24. The maximum atomic E-state index is 5.51. The van der Waals surface area contributed by atoms with Crippen molar-refractivity contribution in [1.82, 2.24) is 4.98 Å². The lowest BCUT2D eigenvalue weighted by molar-refractivity contribution is 0.298. The Labute approximate surface area is 130 Å². The topological polar surface area (TPSA) is 46.2 Å². The van der Waals surface area contributed by atoms with E-state index in [9.17, 15) is 0 Å². The van der Waals surface area contributed by atoms with Crippen LogP contribution in [0, 0.1) is 0 Å².